The van der Waals surface area contributed by atoms with Crippen LogP contribution in [0, 0.1) is 11.3 Å². The molecule has 9 heteroatoms. The number of nitrogens with zero attached hydrogens (tertiary/aromatic N) is 2. The first-order valence-corrected chi connectivity index (χ1v) is 9.94. The highest BCUT2D eigenvalue weighted by molar-refractivity contribution is 7.15. The second kappa shape index (κ2) is 8.12. The number of benzene rings is 1. The molecule has 3 aromatic rings. The van der Waals surface area contributed by atoms with Crippen molar-refractivity contribution in [2.24, 2.45) is 0 Å². The lowest BCUT2D eigenvalue weighted by Gasteiger charge is -2.09. The van der Waals surface area contributed by atoms with E-state index in [0.717, 1.165) is 21.9 Å². The van der Waals surface area contributed by atoms with Crippen LogP contribution in [0.2, 0.25) is 0 Å². The fraction of sp³-hybridized carbons (Fsp3) is 0.211. The van der Waals surface area contributed by atoms with Gasteiger partial charge in [0, 0.05) is 27.6 Å². The van der Waals surface area contributed by atoms with Crippen LogP contribution >= 0.6 is 22.7 Å². The maximum Gasteiger partial charge on any atom is 0.405 e. The van der Waals surface area contributed by atoms with Crippen LogP contribution in [0.3, 0.4) is 0 Å². The molecule has 0 unspecified atom stereocenters. The number of hydrogen-bond acceptors (Lipinski definition) is 5. The minimum Gasteiger partial charge on any atom is -0.342 e. The third-order valence-corrected chi connectivity index (χ3v) is 6.08. The van der Waals surface area contributed by atoms with Gasteiger partial charge in [-0.05, 0) is 12.0 Å². The van der Waals surface area contributed by atoms with Crippen LogP contribution in [0.25, 0.3) is 21.7 Å². The number of hydrogen-bond donors (Lipinski definition) is 1. The van der Waals surface area contributed by atoms with Crippen molar-refractivity contribution in [1.29, 1.82) is 5.26 Å². The number of rotatable bonds is 5. The molecule has 0 aliphatic carbocycles. The van der Waals surface area contributed by atoms with Crippen LogP contribution in [-0.2, 0) is 6.42 Å². The van der Waals surface area contributed by atoms with E-state index >= 15 is 0 Å². The standard InChI is InChI=1S/C19H14F3N3OS2/c1-2-14-13(9-23)15(16(28-14)17(26)25-10-19(20,21)22)11-3-5-12(6-4-11)18-24-7-8-27-18/h3-8H,2,10H2,1H3,(H,25,26). The second-order valence-electron chi connectivity index (χ2n) is 5.78. The molecule has 0 aliphatic rings. The van der Waals surface area contributed by atoms with E-state index in [1.54, 1.807) is 18.3 Å². The summed E-state index contributed by atoms with van der Waals surface area (Å²) >= 11 is 2.53. The van der Waals surface area contributed by atoms with Crippen molar-refractivity contribution in [3.05, 3.63) is 51.2 Å². The number of thiazole rings is 1. The quantitative estimate of drug-likeness (QED) is 0.611. The number of thiophene rings is 1. The summed E-state index contributed by atoms with van der Waals surface area (Å²) in [5.41, 5.74) is 2.18. The van der Waals surface area contributed by atoms with Gasteiger partial charge in [0.25, 0.3) is 5.91 Å². The smallest absolute Gasteiger partial charge is 0.342 e. The number of nitriles is 1. The molecule has 0 aliphatic heterocycles. The molecule has 1 N–H and O–H groups in total. The first-order valence-electron chi connectivity index (χ1n) is 8.25. The van der Waals surface area contributed by atoms with E-state index in [0.29, 0.717) is 28.0 Å². The molecular formula is C19H14F3N3OS2. The molecule has 0 saturated carbocycles. The Balaban J connectivity index is 2.02. The van der Waals surface area contributed by atoms with Gasteiger partial charge in [-0.1, -0.05) is 31.2 Å². The molecule has 1 aromatic carbocycles. The third kappa shape index (κ3) is 4.24. The fourth-order valence-electron chi connectivity index (χ4n) is 2.69. The third-order valence-electron chi connectivity index (χ3n) is 3.92. The average molecular weight is 421 g/mol. The zero-order valence-corrected chi connectivity index (χ0v) is 16.3. The Morgan fingerprint density at radius 1 is 1.25 bits per heavy atom. The molecule has 4 nitrogen and oxygen atoms in total. The van der Waals surface area contributed by atoms with E-state index in [1.165, 1.54) is 11.3 Å². The largest absolute Gasteiger partial charge is 0.405 e. The van der Waals surface area contributed by atoms with Gasteiger partial charge in [0.2, 0.25) is 0 Å². The molecule has 28 heavy (non-hydrogen) atoms. The Kier molecular flexibility index (Phi) is 5.82. The van der Waals surface area contributed by atoms with Crippen molar-refractivity contribution >= 4 is 28.6 Å². The SMILES string of the molecule is CCc1sc(C(=O)NCC(F)(F)F)c(-c2ccc(-c3nccs3)cc2)c1C#N. The van der Waals surface area contributed by atoms with E-state index < -0.39 is 18.6 Å². The maximum atomic E-state index is 12.5. The molecule has 144 valence electrons. The van der Waals surface area contributed by atoms with Gasteiger partial charge in [0.1, 0.15) is 22.5 Å². The lowest BCUT2D eigenvalue weighted by molar-refractivity contribution is -0.123. The highest BCUT2D eigenvalue weighted by atomic mass is 32.1. The Labute approximate surface area is 167 Å². The summed E-state index contributed by atoms with van der Waals surface area (Å²) in [7, 11) is 0. The lowest BCUT2D eigenvalue weighted by atomic mass is 9.98. The zero-order chi connectivity index (χ0) is 20.3. The summed E-state index contributed by atoms with van der Waals surface area (Å²) in [6, 6.07) is 9.23. The minimum absolute atomic E-state index is 0.111. The average Bonchev–Trinajstić information content (AvgIpc) is 3.33. The molecule has 0 bridgehead atoms. The molecule has 0 saturated heterocycles. The summed E-state index contributed by atoms with van der Waals surface area (Å²) in [6.45, 7) is 0.412. The van der Waals surface area contributed by atoms with E-state index in [9.17, 15) is 23.2 Å². The summed E-state index contributed by atoms with van der Waals surface area (Å²) in [4.78, 5) is 17.4. The van der Waals surface area contributed by atoms with E-state index in [-0.39, 0.29) is 4.88 Å². The highest BCUT2D eigenvalue weighted by Crippen LogP contribution is 2.38. The number of nitrogens with one attached hydrogen (secondary N) is 1. The summed E-state index contributed by atoms with van der Waals surface area (Å²) in [5.74, 6) is -0.836. The Morgan fingerprint density at radius 2 is 1.93 bits per heavy atom. The number of alkyl halides is 3. The molecule has 0 radical (unpaired) electrons. The number of aryl methyl sites for hydroxylation is 1. The van der Waals surface area contributed by atoms with Crippen LogP contribution in [0.1, 0.15) is 27.0 Å². The molecule has 0 spiro atoms. The van der Waals surface area contributed by atoms with Crippen LogP contribution in [0.5, 0.6) is 0 Å². The molecule has 0 fully saturated rings. The lowest BCUT2D eigenvalue weighted by Crippen LogP contribution is -2.33. The number of carbonyl (C=O) groups excluding carboxylic acids is 1. The summed E-state index contributed by atoms with van der Waals surface area (Å²) in [5, 5.41) is 14.2. The first kappa shape index (κ1) is 20.0. The predicted octanol–water partition coefficient (Wildman–Crippen LogP) is 5.26. The monoisotopic (exact) mass is 421 g/mol. The van der Waals surface area contributed by atoms with Gasteiger partial charge in [-0.2, -0.15) is 18.4 Å². The number of halogens is 3. The molecule has 2 aromatic heterocycles. The Bertz CT molecular complexity index is 1020. The minimum atomic E-state index is -4.51. The van der Waals surface area contributed by atoms with Gasteiger partial charge in [0.05, 0.1) is 5.56 Å². The van der Waals surface area contributed by atoms with Crippen LogP contribution in [-0.4, -0.2) is 23.6 Å². The summed E-state index contributed by atoms with van der Waals surface area (Å²) in [6.07, 6.45) is -2.31. The van der Waals surface area contributed by atoms with Crippen molar-refractivity contribution in [3.63, 3.8) is 0 Å². The Hall–Kier alpha value is -2.70. The number of amides is 1. The first-order chi connectivity index (χ1) is 13.3. The van der Waals surface area contributed by atoms with Gasteiger partial charge in [-0.25, -0.2) is 4.98 Å². The number of carbonyl (C=O) groups is 1. The zero-order valence-electron chi connectivity index (χ0n) is 14.6. The fourth-order valence-corrected chi connectivity index (χ4v) is 4.46. The highest BCUT2D eigenvalue weighted by Gasteiger charge is 2.30. The molecule has 0 atom stereocenters. The van der Waals surface area contributed by atoms with Gasteiger partial charge < -0.3 is 5.32 Å². The van der Waals surface area contributed by atoms with Crippen molar-refractivity contribution in [2.75, 3.05) is 6.54 Å². The maximum absolute atomic E-state index is 12.5. The van der Waals surface area contributed by atoms with Gasteiger partial charge in [-0.3, -0.25) is 4.79 Å². The van der Waals surface area contributed by atoms with Crippen molar-refractivity contribution in [3.8, 4) is 27.8 Å². The van der Waals surface area contributed by atoms with Crippen molar-refractivity contribution in [2.45, 2.75) is 19.5 Å². The van der Waals surface area contributed by atoms with E-state index in [1.807, 2.05) is 29.8 Å². The molecule has 2 heterocycles. The van der Waals surface area contributed by atoms with Crippen molar-refractivity contribution < 1.29 is 18.0 Å². The predicted molar refractivity (Wildman–Crippen MR) is 103 cm³/mol. The molecule has 3 rings (SSSR count). The van der Waals surface area contributed by atoms with Crippen LogP contribution in [0.15, 0.2) is 35.8 Å². The van der Waals surface area contributed by atoms with Crippen LogP contribution < -0.4 is 5.32 Å². The Morgan fingerprint density at radius 3 is 2.46 bits per heavy atom. The molecular weight excluding hydrogens is 407 g/mol. The van der Waals surface area contributed by atoms with Crippen molar-refractivity contribution in [1.82, 2.24) is 10.3 Å². The van der Waals surface area contributed by atoms with Gasteiger partial charge in [-0.15, -0.1) is 22.7 Å². The van der Waals surface area contributed by atoms with Crippen LogP contribution in [0.4, 0.5) is 13.2 Å². The summed E-state index contributed by atoms with van der Waals surface area (Å²) < 4.78 is 37.4. The normalized spacial score (nSPS) is 11.2. The topological polar surface area (TPSA) is 65.8 Å². The number of aromatic nitrogens is 1. The molecule has 1 amide bonds. The van der Waals surface area contributed by atoms with E-state index in [2.05, 4.69) is 11.1 Å². The second-order valence-corrected chi connectivity index (χ2v) is 7.78. The van der Waals surface area contributed by atoms with Gasteiger partial charge in [0.15, 0.2) is 0 Å². The van der Waals surface area contributed by atoms with E-state index in [4.69, 9.17) is 0 Å². The van der Waals surface area contributed by atoms with Gasteiger partial charge >= 0.3 is 6.18 Å².